The Labute approximate surface area is 284 Å². The van der Waals surface area contributed by atoms with Gasteiger partial charge in [0.2, 0.25) is 0 Å². The van der Waals surface area contributed by atoms with Crippen LogP contribution in [0.2, 0.25) is 0 Å². The first kappa shape index (κ1) is 32.6. The fourth-order valence-electron chi connectivity index (χ4n) is 7.73. The van der Waals surface area contributed by atoms with E-state index in [9.17, 15) is 0 Å². The largest absolute Gasteiger partial charge is 0.313 e. The fraction of sp³-hybridized carbons (Fsp3) is 0.143. The molecule has 0 N–H and O–H groups in total. The van der Waals surface area contributed by atoms with Crippen molar-refractivity contribution in [3.63, 3.8) is 0 Å². The summed E-state index contributed by atoms with van der Waals surface area (Å²) in [5.74, 6) is 0. The zero-order valence-corrected chi connectivity index (χ0v) is 29.4. The third kappa shape index (κ3) is 5.84. The van der Waals surface area contributed by atoms with E-state index in [1.54, 1.807) is 0 Å². The van der Waals surface area contributed by atoms with Crippen LogP contribution in [0.4, 0.5) is 0 Å². The molecule has 48 heavy (non-hydrogen) atoms. The van der Waals surface area contributed by atoms with Gasteiger partial charge in [0, 0.05) is 48.8 Å². The number of rotatable bonds is 9. The zero-order chi connectivity index (χ0) is 33.0. The van der Waals surface area contributed by atoms with E-state index < -0.39 is 21.4 Å². The van der Waals surface area contributed by atoms with Crippen molar-refractivity contribution in [2.75, 3.05) is 0 Å². The lowest BCUT2D eigenvalue weighted by Gasteiger charge is -2.44. The van der Waals surface area contributed by atoms with E-state index in [1.807, 2.05) is 182 Å². The average molecular weight is 685 g/mol. The SMILES string of the molecule is O=P(c1ccccc1)(c1ccccc1)C1CC(P(=O)(c2ccccc2)c2ccccc2)CC(P(=O)(c2ccccc2)c2ccccc2)C1. The maximum absolute atomic E-state index is 16.1. The highest BCUT2D eigenvalue weighted by atomic mass is 31.2. The summed E-state index contributed by atoms with van der Waals surface area (Å²) in [5, 5.41) is 4.69. The monoisotopic (exact) mass is 684 g/mol. The van der Waals surface area contributed by atoms with Crippen LogP contribution in [0.25, 0.3) is 0 Å². The van der Waals surface area contributed by atoms with Crippen molar-refractivity contribution in [2.45, 2.75) is 36.2 Å². The summed E-state index contributed by atoms with van der Waals surface area (Å²) in [6.45, 7) is 0. The summed E-state index contributed by atoms with van der Waals surface area (Å²) in [5.41, 5.74) is -1.15. The van der Waals surface area contributed by atoms with Crippen LogP contribution in [-0.4, -0.2) is 17.0 Å². The first-order valence-electron chi connectivity index (χ1n) is 16.6. The van der Waals surface area contributed by atoms with Crippen LogP contribution in [0.1, 0.15) is 19.3 Å². The van der Waals surface area contributed by atoms with Crippen LogP contribution in [0, 0.1) is 0 Å². The normalized spacial score (nSPS) is 18.6. The molecule has 0 amide bonds. The number of benzene rings is 6. The summed E-state index contributed by atoms with van der Waals surface area (Å²) in [6.07, 6.45) is 1.46. The van der Waals surface area contributed by atoms with E-state index in [2.05, 4.69) is 0 Å². The van der Waals surface area contributed by atoms with Crippen molar-refractivity contribution in [1.29, 1.82) is 0 Å². The van der Waals surface area contributed by atoms with E-state index >= 15 is 13.7 Å². The zero-order valence-electron chi connectivity index (χ0n) is 26.7. The maximum atomic E-state index is 16.1. The van der Waals surface area contributed by atoms with Crippen molar-refractivity contribution in [1.82, 2.24) is 0 Å². The smallest absolute Gasteiger partial charge is 0.146 e. The van der Waals surface area contributed by atoms with Gasteiger partial charge < -0.3 is 13.7 Å². The maximum Gasteiger partial charge on any atom is 0.146 e. The van der Waals surface area contributed by atoms with Gasteiger partial charge in [-0.3, -0.25) is 0 Å². The molecule has 1 aliphatic carbocycles. The second-order valence-corrected chi connectivity index (χ2v) is 21.9. The lowest BCUT2D eigenvalue weighted by Crippen LogP contribution is -2.42. The summed E-state index contributed by atoms with van der Waals surface area (Å²) in [7, 11) is -9.97. The minimum absolute atomic E-state index is 0.382. The van der Waals surface area contributed by atoms with Gasteiger partial charge in [0.25, 0.3) is 0 Å². The van der Waals surface area contributed by atoms with Crippen molar-refractivity contribution < 1.29 is 13.7 Å². The predicted octanol–water partition coefficient (Wildman–Crippen LogP) is 8.32. The van der Waals surface area contributed by atoms with E-state index in [0.717, 1.165) is 31.8 Å². The molecule has 0 radical (unpaired) electrons. The Kier molecular flexibility index (Phi) is 9.40. The highest BCUT2D eigenvalue weighted by Gasteiger charge is 2.52. The first-order chi connectivity index (χ1) is 23.4. The Morgan fingerprint density at radius 1 is 0.271 bits per heavy atom. The molecule has 6 aromatic rings. The standard InChI is InChI=1S/C42H39O3P3/c43-46(34-19-7-1-8-20-34,35-21-9-2-10-22-35)40-31-41(47(44,36-23-11-3-12-24-36)37-25-13-4-14-26-37)33-42(32-40)48(45,38-27-15-5-16-28-38)39-29-17-6-18-30-39/h1-30,40-42H,31-33H2. The Morgan fingerprint density at radius 2 is 0.417 bits per heavy atom. The Morgan fingerprint density at radius 3 is 0.562 bits per heavy atom. The van der Waals surface area contributed by atoms with Crippen LogP contribution in [-0.2, 0) is 13.7 Å². The number of hydrogen-bond donors (Lipinski definition) is 0. The molecule has 3 nitrogen and oxygen atoms in total. The molecule has 0 aliphatic heterocycles. The molecule has 0 aromatic heterocycles. The van der Waals surface area contributed by atoms with Gasteiger partial charge in [-0.15, -0.1) is 0 Å². The summed E-state index contributed by atoms with van der Waals surface area (Å²) < 4.78 is 48.2. The Hall–Kier alpha value is -3.99. The minimum Gasteiger partial charge on any atom is -0.313 e. The van der Waals surface area contributed by atoms with Crippen LogP contribution >= 0.6 is 21.4 Å². The highest BCUT2D eigenvalue weighted by molar-refractivity contribution is 7.81. The van der Waals surface area contributed by atoms with Crippen LogP contribution < -0.4 is 31.8 Å². The molecule has 6 heteroatoms. The molecule has 1 fully saturated rings. The highest BCUT2D eigenvalue weighted by Crippen LogP contribution is 2.66. The molecular weight excluding hydrogens is 645 g/mol. The predicted molar refractivity (Wildman–Crippen MR) is 204 cm³/mol. The molecule has 6 aromatic carbocycles. The van der Waals surface area contributed by atoms with Gasteiger partial charge >= 0.3 is 0 Å². The molecule has 0 atom stereocenters. The van der Waals surface area contributed by atoms with Crippen molar-refractivity contribution in [3.8, 4) is 0 Å². The molecule has 0 unspecified atom stereocenters. The van der Waals surface area contributed by atoms with Gasteiger partial charge in [-0.25, -0.2) is 0 Å². The molecule has 0 saturated heterocycles. The van der Waals surface area contributed by atoms with E-state index in [0.29, 0.717) is 19.3 Å². The second-order valence-electron chi connectivity index (χ2n) is 12.7. The van der Waals surface area contributed by atoms with Gasteiger partial charge in [-0.1, -0.05) is 182 Å². The van der Waals surface area contributed by atoms with Crippen molar-refractivity contribution in [3.05, 3.63) is 182 Å². The van der Waals surface area contributed by atoms with Crippen molar-refractivity contribution in [2.24, 2.45) is 0 Å². The van der Waals surface area contributed by atoms with Gasteiger partial charge in [-0.05, 0) is 19.3 Å². The van der Waals surface area contributed by atoms with E-state index in [4.69, 9.17) is 0 Å². The van der Waals surface area contributed by atoms with E-state index in [1.165, 1.54) is 0 Å². The quantitative estimate of drug-likeness (QED) is 0.144. The lowest BCUT2D eigenvalue weighted by molar-refractivity contribution is 0.474. The summed E-state index contributed by atoms with van der Waals surface area (Å²) >= 11 is 0. The van der Waals surface area contributed by atoms with E-state index in [-0.39, 0.29) is 17.0 Å². The molecule has 0 heterocycles. The molecular formula is C42H39O3P3. The summed E-state index contributed by atoms with van der Waals surface area (Å²) in [6, 6.07) is 58.6. The third-order valence-corrected chi connectivity index (χ3v) is 20.8. The first-order valence-corrected chi connectivity index (χ1v) is 21.9. The Balaban J connectivity index is 1.48. The van der Waals surface area contributed by atoms with Gasteiger partial charge in [0.1, 0.15) is 21.4 Å². The molecule has 1 aliphatic rings. The molecule has 7 rings (SSSR count). The molecule has 0 spiro atoms. The van der Waals surface area contributed by atoms with Crippen molar-refractivity contribution >= 4 is 53.3 Å². The topological polar surface area (TPSA) is 51.2 Å². The van der Waals surface area contributed by atoms with Gasteiger partial charge in [0.05, 0.1) is 0 Å². The second kappa shape index (κ2) is 13.9. The number of hydrogen-bond acceptors (Lipinski definition) is 3. The molecule has 240 valence electrons. The van der Waals surface area contributed by atoms with Gasteiger partial charge in [0.15, 0.2) is 0 Å². The van der Waals surface area contributed by atoms with Gasteiger partial charge in [-0.2, -0.15) is 0 Å². The molecule has 0 bridgehead atoms. The minimum atomic E-state index is -3.32. The lowest BCUT2D eigenvalue weighted by atomic mass is 9.99. The summed E-state index contributed by atoms with van der Waals surface area (Å²) in [4.78, 5) is 0. The fourth-order valence-corrected chi connectivity index (χ4v) is 18.7. The molecule has 1 saturated carbocycles. The Bertz CT molecular complexity index is 1710. The van der Waals surface area contributed by atoms with Crippen LogP contribution in [0.3, 0.4) is 0 Å². The third-order valence-electron chi connectivity index (χ3n) is 10.0. The van der Waals surface area contributed by atoms with Crippen LogP contribution in [0.5, 0.6) is 0 Å². The van der Waals surface area contributed by atoms with Crippen LogP contribution in [0.15, 0.2) is 182 Å². The average Bonchev–Trinajstić information content (AvgIpc) is 3.18.